The van der Waals surface area contributed by atoms with E-state index in [2.05, 4.69) is 9.73 Å². The van der Waals surface area contributed by atoms with Crippen molar-refractivity contribution in [2.24, 2.45) is 4.99 Å². The van der Waals surface area contributed by atoms with Crippen LogP contribution in [0.25, 0.3) is 0 Å². The maximum Gasteiger partial charge on any atom is 0.338 e. The molecule has 0 spiro atoms. The van der Waals surface area contributed by atoms with Crippen LogP contribution in [0.3, 0.4) is 0 Å². The van der Waals surface area contributed by atoms with Gasteiger partial charge in [0.15, 0.2) is 6.10 Å². The van der Waals surface area contributed by atoms with Gasteiger partial charge in [0, 0.05) is 5.56 Å². The molecule has 0 aliphatic heterocycles. The molecule has 0 aliphatic carbocycles. The number of ether oxygens (including phenoxy) is 1. The van der Waals surface area contributed by atoms with Crippen molar-refractivity contribution in [3.05, 3.63) is 29.8 Å². The lowest BCUT2D eigenvalue weighted by molar-refractivity contribution is -0.159. The van der Waals surface area contributed by atoms with Crippen molar-refractivity contribution in [2.75, 3.05) is 6.61 Å². The lowest BCUT2D eigenvalue weighted by Gasteiger charge is -2.17. The SMILES string of the molecule is CCOC(=O)C(O)C(O)c1ccccc1N=C=O. The predicted molar refractivity (Wildman–Crippen MR) is 61.8 cm³/mol. The van der Waals surface area contributed by atoms with Crippen LogP contribution in [0.5, 0.6) is 0 Å². The van der Waals surface area contributed by atoms with Gasteiger partial charge in [0.2, 0.25) is 6.08 Å². The van der Waals surface area contributed by atoms with E-state index in [4.69, 9.17) is 0 Å². The van der Waals surface area contributed by atoms with E-state index in [1.807, 2.05) is 0 Å². The summed E-state index contributed by atoms with van der Waals surface area (Å²) in [7, 11) is 0. The number of aliphatic hydroxyl groups excluding tert-OH is 2. The minimum absolute atomic E-state index is 0.0940. The first-order valence-corrected chi connectivity index (χ1v) is 5.31. The van der Waals surface area contributed by atoms with Gasteiger partial charge in [-0.25, -0.2) is 9.59 Å². The molecular formula is C12H13NO5. The molecule has 0 saturated carbocycles. The third-order valence-electron chi connectivity index (χ3n) is 2.25. The Morgan fingerprint density at radius 2 is 2.11 bits per heavy atom. The van der Waals surface area contributed by atoms with Gasteiger partial charge in [0.1, 0.15) is 6.10 Å². The van der Waals surface area contributed by atoms with Crippen molar-refractivity contribution in [3.8, 4) is 0 Å². The molecule has 0 radical (unpaired) electrons. The monoisotopic (exact) mass is 251 g/mol. The summed E-state index contributed by atoms with van der Waals surface area (Å²) in [5.41, 5.74) is 0.296. The number of carbonyl (C=O) groups is 1. The summed E-state index contributed by atoms with van der Waals surface area (Å²) in [6.07, 6.45) is -1.91. The van der Waals surface area contributed by atoms with Gasteiger partial charge < -0.3 is 14.9 Å². The first kappa shape index (κ1) is 14.1. The van der Waals surface area contributed by atoms with E-state index in [0.29, 0.717) is 0 Å². The fraction of sp³-hybridized carbons (Fsp3) is 0.333. The molecule has 0 saturated heterocycles. The number of carbonyl (C=O) groups excluding carboxylic acids is 2. The Morgan fingerprint density at radius 1 is 1.44 bits per heavy atom. The quantitative estimate of drug-likeness (QED) is 0.454. The molecule has 1 aromatic rings. The maximum absolute atomic E-state index is 11.3. The molecule has 1 aromatic carbocycles. The minimum atomic E-state index is -1.73. The summed E-state index contributed by atoms with van der Waals surface area (Å²) in [4.78, 5) is 24.9. The fourth-order valence-corrected chi connectivity index (χ4v) is 1.42. The second kappa shape index (κ2) is 6.66. The Bertz CT molecular complexity index is 467. The molecule has 6 heteroatoms. The summed E-state index contributed by atoms with van der Waals surface area (Å²) in [6.45, 7) is 1.68. The Kier molecular flexibility index (Phi) is 5.20. The molecule has 6 nitrogen and oxygen atoms in total. The first-order chi connectivity index (χ1) is 8.61. The average Bonchev–Trinajstić information content (AvgIpc) is 2.38. The number of esters is 1. The molecule has 2 N–H and O–H groups in total. The van der Waals surface area contributed by atoms with Crippen LogP contribution < -0.4 is 0 Å². The predicted octanol–water partition coefficient (Wildman–Crippen LogP) is 0.611. The zero-order valence-electron chi connectivity index (χ0n) is 9.74. The lowest BCUT2D eigenvalue weighted by Crippen LogP contribution is -2.29. The first-order valence-electron chi connectivity index (χ1n) is 5.31. The van der Waals surface area contributed by atoms with Crippen molar-refractivity contribution in [1.82, 2.24) is 0 Å². The zero-order valence-corrected chi connectivity index (χ0v) is 9.74. The molecule has 0 fully saturated rings. The highest BCUT2D eigenvalue weighted by Crippen LogP contribution is 2.27. The largest absolute Gasteiger partial charge is 0.464 e. The van der Waals surface area contributed by atoms with Crippen LogP contribution in [0.15, 0.2) is 29.3 Å². The molecule has 0 aromatic heterocycles. The number of benzene rings is 1. The molecule has 0 bridgehead atoms. The van der Waals surface area contributed by atoms with E-state index >= 15 is 0 Å². The molecule has 96 valence electrons. The van der Waals surface area contributed by atoms with Gasteiger partial charge in [0.25, 0.3) is 0 Å². The zero-order chi connectivity index (χ0) is 13.5. The fourth-order valence-electron chi connectivity index (χ4n) is 1.42. The van der Waals surface area contributed by atoms with Gasteiger partial charge in [-0.05, 0) is 13.0 Å². The minimum Gasteiger partial charge on any atom is -0.464 e. The third kappa shape index (κ3) is 3.24. The van der Waals surface area contributed by atoms with Gasteiger partial charge in [-0.1, -0.05) is 18.2 Å². The Balaban J connectivity index is 2.99. The number of aliphatic hydroxyl groups is 2. The van der Waals surface area contributed by atoms with Gasteiger partial charge in [-0.15, -0.1) is 0 Å². The van der Waals surface area contributed by atoms with Crippen LogP contribution in [0, 0.1) is 0 Å². The molecule has 18 heavy (non-hydrogen) atoms. The molecule has 2 atom stereocenters. The number of aliphatic imine (C=N–C) groups is 1. The number of isocyanates is 1. The van der Waals surface area contributed by atoms with Gasteiger partial charge in [-0.3, -0.25) is 0 Å². The van der Waals surface area contributed by atoms with Crippen molar-refractivity contribution < 1.29 is 24.5 Å². The standard InChI is InChI=1S/C12H13NO5/c1-2-18-12(17)11(16)10(15)8-5-3-4-6-9(8)13-7-14/h3-6,10-11,15-16H,2H2,1H3. The summed E-state index contributed by atoms with van der Waals surface area (Å²) < 4.78 is 4.59. The molecular weight excluding hydrogens is 238 g/mol. The second-order valence-electron chi connectivity index (χ2n) is 3.40. The molecule has 0 amide bonds. The third-order valence-corrected chi connectivity index (χ3v) is 2.25. The second-order valence-corrected chi connectivity index (χ2v) is 3.40. The summed E-state index contributed by atoms with van der Waals surface area (Å²) in [5, 5.41) is 19.5. The molecule has 0 aliphatic rings. The van der Waals surface area contributed by atoms with Gasteiger partial charge in [-0.2, -0.15) is 4.99 Å². The topological polar surface area (TPSA) is 96.2 Å². The van der Waals surface area contributed by atoms with E-state index in [-0.39, 0.29) is 17.9 Å². The Labute approximate surface area is 104 Å². The van der Waals surface area contributed by atoms with Crippen LogP contribution in [0.1, 0.15) is 18.6 Å². The van der Waals surface area contributed by atoms with E-state index in [0.717, 1.165) is 0 Å². The smallest absolute Gasteiger partial charge is 0.338 e. The van der Waals surface area contributed by atoms with Crippen LogP contribution in [-0.4, -0.2) is 35.0 Å². The number of hydrogen-bond donors (Lipinski definition) is 2. The molecule has 0 heterocycles. The summed E-state index contributed by atoms with van der Waals surface area (Å²) >= 11 is 0. The van der Waals surface area contributed by atoms with E-state index in [1.165, 1.54) is 18.2 Å². The van der Waals surface area contributed by atoms with Crippen LogP contribution in [0.2, 0.25) is 0 Å². The van der Waals surface area contributed by atoms with Gasteiger partial charge in [0.05, 0.1) is 12.3 Å². The highest BCUT2D eigenvalue weighted by Gasteiger charge is 2.28. The van der Waals surface area contributed by atoms with Crippen LogP contribution >= 0.6 is 0 Å². The summed E-state index contributed by atoms with van der Waals surface area (Å²) in [6, 6.07) is 6.09. The van der Waals surface area contributed by atoms with Crippen molar-refractivity contribution >= 4 is 17.7 Å². The van der Waals surface area contributed by atoms with E-state index in [9.17, 15) is 19.8 Å². The Hall–Kier alpha value is -2.01. The van der Waals surface area contributed by atoms with E-state index in [1.54, 1.807) is 19.1 Å². The van der Waals surface area contributed by atoms with E-state index < -0.39 is 18.2 Å². The van der Waals surface area contributed by atoms with Crippen molar-refractivity contribution in [1.29, 1.82) is 0 Å². The summed E-state index contributed by atoms with van der Waals surface area (Å²) in [5.74, 6) is -0.935. The molecule has 2 unspecified atom stereocenters. The van der Waals surface area contributed by atoms with Crippen molar-refractivity contribution in [2.45, 2.75) is 19.1 Å². The van der Waals surface area contributed by atoms with Gasteiger partial charge >= 0.3 is 5.97 Å². The number of rotatable bonds is 5. The maximum atomic E-state index is 11.3. The number of para-hydroxylation sites is 1. The lowest BCUT2D eigenvalue weighted by atomic mass is 10.0. The highest BCUT2D eigenvalue weighted by molar-refractivity contribution is 5.76. The highest BCUT2D eigenvalue weighted by atomic mass is 16.5. The Morgan fingerprint density at radius 3 is 2.72 bits per heavy atom. The number of hydrogen-bond acceptors (Lipinski definition) is 6. The van der Waals surface area contributed by atoms with Crippen LogP contribution in [0.4, 0.5) is 5.69 Å². The van der Waals surface area contributed by atoms with Crippen molar-refractivity contribution in [3.63, 3.8) is 0 Å². The normalized spacial score (nSPS) is 13.3. The molecule has 1 rings (SSSR count). The number of nitrogens with zero attached hydrogens (tertiary/aromatic N) is 1. The average molecular weight is 251 g/mol. The van der Waals surface area contributed by atoms with Crippen LogP contribution in [-0.2, 0) is 14.3 Å².